The molecule has 6 nitrogen and oxygen atoms in total. The summed E-state index contributed by atoms with van der Waals surface area (Å²) < 4.78 is 45.2. The first-order valence-corrected chi connectivity index (χ1v) is 8.49. The SMILES string of the molecule is CN=C(NCCc1ccc(OC)cc1Cl)NCc1cn(C)nc1C(F)(F)F.I. The zero-order chi connectivity index (χ0) is 20.0. The van der Waals surface area contributed by atoms with Gasteiger partial charge in [0.2, 0.25) is 0 Å². The molecule has 0 aliphatic rings. The molecule has 1 aromatic carbocycles. The molecule has 0 aliphatic heterocycles. The van der Waals surface area contributed by atoms with Gasteiger partial charge in [0.25, 0.3) is 0 Å². The van der Waals surface area contributed by atoms with Crippen LogP contribution in [0.15, 0.2) is 29.4 Å². The molecule has 0 spiro atoms. The van der Waals surface area contributed by atoms with Gasteiger partial charge in [0.05, 0.1) is 7.11 Å². The van der Waals surface area contributed by atoms with Gasteiger partial charge in [-0.1, -0.05) is 17.7 Å². The lowest BCUT2D eigenvalue weighted by Crippen LogP contribution is -2.38. The fourth-order valence-corrected chi connectivity index (χ4v) is 2.74. The normalized spacial score (nSPS) is 11.8. The first-order chi connectivity index (χ1) is 12.7. The average molecular weight is 532 g/mol. The van der Waals surface area contributed by atoms with Gasteiger partial charge in [-0.05, 0) is 24.1 Å². The van der Waals surface area contributed by atoms with Crippen LogP contribution < -0.4 is 15.4 Å². The van der Waals surface area contributed by atoms with Gasteiger partial charge in [-0.2, -0.15) is 18.3 Å². The van der Waals surface area contributed by atoms with E-state index in [2.05, 4.69) is 20.7 Å². The Bertz CT molecular complexity index is 811. The van der Waals surface area contributed by atoms with Gasteiger partial charge in [0.15, 0.2) is 11.7 Å². The van der Waals surface area contributed by atoms with Crippen molar-refractivity contribution >= 4 is 41.5 Å². The van der Waals surface area contributed by atoms with Crippen LogP contribution in [0.3, 0.4) is 0 Å². The lowest BCUT2D eigenvalue weighted by Gasteiger charge is -2.13. The minimum Gasteiger partial charge on any atom is -0.497 e. The molecule has 0 aliphatic carbocycles. The standard InChI is InChI=1S/C17H21ClF3N5O.HI/c1-22-16(23-7-6-11-4-5-13(27-3)8-14(11)18)24-9-12-10-26(2)25-15(12)17(19,20)21;/h4-5,8,10H,6-7,9H2,1-3H3,(H2,22,23,24);1H. The lowest BCUT2D eigenvalue weighted by molar-refractivity contribution is -0.142. The molecule has 0 radical (unpaired) electrons. The molecule has 0 amide bonds. The quantitative estimate of drug-likeness (QED) is 0.340. The predicted molar refractivity (Wildman–Crippen MR) is 114 cm³/mol. The number of aryl methyl sites for hydroxylation is 1. The maximum atomic E-state index is 13.0. The molecule has 156 valence electrons. The molecule has 0 saturated carbocycles. The fraction of sp³-hybridized carbons (Fsp3) is 0.412. The Morgan fingerprint density at radius 2 is 2.00 bits per heavy atom. The number of ether oxygens (including phenoxy) is 1. The second-order valence-electron chi connectivity index (χ2n) is 5.73. The number of benzene rings is 1. The molecule has 0 bridgehead atoms. The molecule has 11 heteroatoms. The van der Waals surface area contributed by atoms with Crippen LogP contribution in [0.25, 0.3) is 0 Å². The van der Waals surface area contributed by atoms with Crippen molar-refractivity contribution in [2.75, 3.05) is 20.7 Å². The number of nitrogens with one attached hydrogen (secondary N) is 2. The number of aliphatic imine (C=N–C) groups is 1. The maximum absolute atomic E-state index is 13.0. The third-order valence-corrected chi connectivity index (χ3v) is 4.14. The van der Waals surface area contributed by atoms with E-state index < -0.39 is 11.9 Å². The summed E-state index contributed by atoms with van der Waals surface area (Å²) in [6.07, 6.45) is -2.55. The number of halogens is 5. The van der Waals surface area contributed by atoms with Crippen LogP contribution in [0.5, 0.6) is 5.75 Å². The van der Waals surface area contributed by atoms with Gasteiger partial charge >= 0.3 is 6.18 Å². The molecular formula is C17H22ClF3IN5O. The third kappa shape index (κ3) is 6.73. The van der Waals surface area contributed by atoms with Gasteiger partial charge in [0, 0.05) is 44.0 Å². The molecule has 0 atom stereocenters. The summed E-state index contributed by atoms with van der Waals surface area (Å²) >= 11 is 6.19. The third-order valence-electron chi connectivity index (χ3n) is 3.79. The zero-order valence-corrected chi connectivity index (χ0v) is 18.7. The van der Waals surface area contributed by atoms with Crippen LogP contribution in [0.2, 0.25) is 5.02 Å². The first kappa shape index (κ1) is 24.3. The topological polar surface area (TPSA) is 63.5 Å². The Labute approximate surface area is 183 Å². The Kier molecular flexibility index (Phi) is 9.34. The van der Waals surface area contributed by atoms with Gasteiger partial charge in [-0.15, -0.1) is 24.0 Å². The second-order valence-corrected chi connectivity index (χ2v) is 6.14. The van der Waals surface area contributed by atoms with E-state index in [1.54, 1.807) is 20.2 Å². The van der Waals surface area contributed by atoms with E-state index in [1.807, 2.05) is 12.1 Å². The van der Waals surface area contributed by atoms with Crippen molar-refractivity contribution < 1.29 is 17.9 Å². The largest absolute Gasteiger partial charge is 0.497 e. The number of nitrogens with zero attached hydrogens (tertiary/aromatic N) is 3. The number of alkyl halides is 3. The molecule has 2 aromatic rings. The highest BCUT2D eigenvalue weighted by Crippen LogP contribution is 2.30. The van der Waals surface area contributed by atoms with Gasteiger partial charge < -0.3 is 15.4 Å². The molecule has 2 N–H and O–H groups in total. The van der Waals surface area contributed by atoms with Crippen LogP contribution in [0.4, 0.5) is 13.2 Å². The Morgan fingerprint density at radius 1 is 1.29 bits per heavy atom. The molecule has 0 unspecified atom stereocenters. The molecule has 1 heterocycles. The fourth-order valence-electron chi connectivity index (χ4n) is 2.48. The first-order valence-electron chi connectivity index (χ1n) is 8.11. The Balaban J connectivity index is 0.00000392. The van der Waals surface area contributed by atoms with Crippen molar-refractivity contribution in [1.29, 1.82) is 0 Å². The Hall–Kier alpha value is -1.69. The smallest absolute Gasteiger partial charge is 0.435 e. The van der Waals surface area contributed by atoms with Crippen LogP contribution in [-0.2, 0) is 26.2 Å². The summed E-state index contributed by atoms with van der Waals surface area (Å²) in [5.41, 5.74) is 0.0659. The highest BCUT2D eigenvalue weighted by molar-refractivity contribution is 14.0. The molecule has 0 fully saturated rings. The van der Waals surface area contributed by atoms with Crippen LogP contribution in [0.1, 0.15) is 16.8 Å². The molecule has 1 aromatic heterocycles. The van der Waals surface area contributed by atoms with Crippen LogP contribution in [-0.4, -0.2) is 36.4 Å². The number of hydrogen-bond donors (Lipinski definition) is 2. The predicted octanol–water partition coefficient (Wildman–Crippen LogP) is 3.63. The van der Waals surface area contributed by atoms with Crippen molar-refractivity contribution in [3.8, 4) is 5.75 Å². The van der Waals surface area contributed by atoms with Crippen molar-refractivity contribution in [3.63, 3.8) is 0 Å². The summed E-state index contributed by atoms with van der Waals surface area (Å²) in [5.74, 6) is 1.06. The van der Waals surface area contributed by atoms with E-state index >= 15 is 0 Å². The van der Waals surface area contributed by atoms with Crippen molar-refractivity contribution in [2.45, 2.75) is 19.1 Å². The number of guanidine groups is 1. The van der Waals surface area contributed by atoms with Crippen molar-refractivity contribution in [1.82, 2.24) is 20.4 Å². The van der Waals surface area contributed by atoms with Crippen LogP contribution >= 0.6 is 35.6 Å². The number of aromatic nitrogens is 2. The van der Waals surface area contributed by atoms with Crippen molar-refractivity contribution in [2.24, 2.45) is 12.0 Å². The molecular weight excluding hydrogens is 510 g/mol. The summed E-state index contributed by atoms with van der Waals surface area (Å²) in [4.78, 5) is 4.02. The van der Waals surface area contributed by atoms with E-state index in [-0.39, 0.29) is 36.1 Å². The van der Waals surface area contributed by atoms with Gasteiger partial charge in [0.1, 0.15) is 5.75 Å². The van der Waals surface area contributed by atoms with E-state index in [4.69, 9.17) is 16.3 Å². The summed E-state index contributed by atoms with van der Waals surface area (Å²) in [7, 11) is 4.56. The zero-order valence-electron chi connectivity index (χ0n) is 15.6. The summed E-state index contributed by atoms with van der Waals surface area (Å²) in [6, 6.07) is 5.41. The minimum absolute atomic E-state index is 0. The average Bonchev–Trinajstić information content (AvgIpc) is 3.00. The van der Waals surface area contributed by atoms with E-state index in [9.17, 15) is 13.2 Å². The Morgan fingerprint density at radius 3 is 2.57 bits per heavy atom. The summed E-state index contributed by atoms with van der Waals surface area (Å²) in [5, 5.41) is 9.98. The number of hydrogen-bond acceptors (Lipinski definition) is 3. The number of methoxy groups -OCH3 is 1. The van der Waals surface area contributed by atoms with E-state index in [0.717, 1.165) is 10.2 Å². The minimum atomic E-state index is -4.50. The van der Waals surface area contributed by atoms with Gasteiger partial charge in [-0.3, -0.25) is 9.67 Å². The van der Waals surface area contributed by atoms with Crippen molar-refractivity contribution in [3.05, 3.63) is 46.2 Å². The molecule has 0 saturated heterocycles. The molecule has 28 heavy (non-hydrogen) atoms. The van der Waals surface area contributed by atoms with E-state index in [1.165, 1.54) is 13.2 Å². The maximum Gasteiger partial charge on any atom is 0.435 e. The second kappa shape index (κ2) is 10.7. The highest BCUT2D eigenvalue weighted by Gasteiger charge is 2.36. The van der Waals surface area contributed by atoms with Gasteiger partial charge in [-0.25, -0.2) is 0 Å². The number of rotatable bonds is 6. The van der Waals surface area contributed by atoms with Crippen LogP contribution in [0, 0.1) is 0 Å². The molecule has 2 rings (SSSR count). The highest BCUT2D eigenvalue weighted by atomic mass is 127. The monoisotopic (exact) mass is 531 g/mol. The lowest BCUT2D eigenvalue weighted by atomic mass is 10.1. The summed E-state index contributed by atoms with van der Waals surface area (Å²) in [6.45, 7) is 0.455. The van der Waals surface area contributed by atoms with E-state index in [0.29, 0.717) is 29.7 Å².